The lowest BCUT2D eigenvalue weighted by Crippen LogP contribution is -2.36. The fourth-order valence-electron chi connectivity index (χ4n) is 2.12. The Bertz CT molecular complexity index is 196. The summed E-state index contributed by atoms with van der Waals surface area (Å²) in [6, 6.07) is -0.390. The fraction of sp³-hybridized carbons (Fsp3) is 1.00. The topological polar surface area (TPSA) is 35.2 Å². The summed E-state index contributed by atoms with van der Waals surface area (Å²) in [4.78, 5) is 0. The molecule has 15 heavy (non-hydrogen) atoms. The average molecular weight is 225 g/mol. The second-order valence-electron chi connectivity index (χ2n) is 4.09. The minimum atomic E-state index is -4.10. The Morgan fingerprint density at radius 3 is 2.67 bits per heavy atom. The number of nitrogens with two attached hydrogens (primary N) is 1. The summed E-state index contributed by atoms with van der Waals surface area (Å²) < 4.78 is 41.4. The Hall–Kier alpha value is -0.290. The second kappa shape index (κ2) is 5.16. The van der Waals surface area contributed by atoms with Crippen molar-refractivity contribution < 1.29 is 17.9 Å². The van der Waals surface area contributed by atoms with Gasteiger partial charge < -0.3 is 10.5 Å². The molecule has 0 aromatic heterocycles. The van der Waals surface area contributed by atoms with Gasteiger partial charge in [0.25, 0.3) is 0 Å². The third kappa shape index (κ3) is 3.99. The molecule has 0 saturated carbocycles. The molecule has 2 N–H and O–H groups in total. The lowest BCUT2D eigenvalue weighted by molar-refractivity contribution is -0.137. The van der Waals surface area contributed by atoms with Crippen molar-refractivity contribution in [3.63, 3.8) is 0 Å². The molecule has 3 atom stereocenters. The normalized spacial score (nSPS) is 29.4. The number of halogens is 3. The molecule has 1 aliphatic rings. The molecule has 0 bridgehead atoms. The van der Waals surface area contributed by atoms with Crippen LogP contribution in [0.15, 0.2) is 0 Å². The molecule has 3 unspecified atom stereocenters. The van der Waals surface area contributed by atoms with Gasteiger partial charge in [0.15, 0.2) is 0 Å². The van der Waals surface area contributed by atoms with Gasteiger partial charge in [0.2, 0.25) is 0 Å². The van der Waals surface area contributed by atoms with E-state index in [9.17, 15) is 13.2 Å². The summed E-state index contributed by atoms with van der Waals surface area (Å²) in [5.41, 5.74) is 5.77. The van der Waals surface area contributed by atoms with Gasteiger partial charge in [-0.2, -0.15) is 13.2 Å². The lowest BCUT2D eigenvalue weighted by Gasteiger charge is -2.24. The standard InChI is InChI=1S/C10H18F3NO/c1-2-9-7(4-6-15-9)8(14)3-5-10(11,12)13/h7-9H,2-6,14H2,1H3. The zero-order valence-electron chi connectivity index (χ0n) is 8.89. The number of alkyl halides is 3. The summed E-state index contributed by atoms with van der Waals surface area (Å²) >= 11 is 0. The first kappa shape index (κ1) is 12.8. The van der Waals surface area contributed by atoms with E-state index in [1.165, 1.54) is 0 Å². The first-order valence-electron chi connectivity index (χ1n) is 5.38. The lowest BCUT2D eigenvalue weighted by atomic mass is 9.89. The van der Waals surface area contributed by atoms with Crippen LogP contribution in [0.25, 0.3) is 0 Å². The van der Waals surface area contributed by atoms with Crippen molar-refractivity contribution in [2.45, 2.75) is 50.9 Å². The van der Waals surface area contributed by atoms with E-state index >= 15 is 0 Å². The summed E-state index contributed by atoms with van der Waals surface area (Å²) in [6.45, 7) is 2.60. The van der Waals surface area contributed by atoms with E-state index in [0.717, 1.165) is 12.8 Å². The first-order chi connectivity index (χ1) is 6.94. The van der Waals surface area contributed by atoms with Gasteiger partial charge in [0.05, 0.1) is 6.10 Å². The third-order valence-electron chi connectivity index (χ3n) is 2.97. The average Bonchev–Trinajstić information content (AvgIpc) is 2.60. The quantitative estimate of drug-likeness (QED) is 0.797. The molecule has 1 saturated heterocycles. The molecule has 90 valence electrons. The van der Waals surface area contributed by atoms with Crippen molar-refractivity contribution in [2.75, 3.05) is 6.61 Å². The molecule has 1 rings (SSSR count). The van der Waals surface area contributed by atoms with Crippen molar-refractivity contribution in [1.29, 1.82) is 0 Å². The molecule has 2 nitrogen and oxygen atoms in total. The Kier molecular flexibility index (Phi) is 4.40. The highest BCUT2D eigenvalue weighted by Crippen LogP contribution is 2.30. The maximum Gasteiger partial charge on any atom is 0.389 e. The van der Waals surface area contributed by atoms with Crippen LogP contribution in [0.2, 0.25) is 0 Å². The van der Waals surface area contributed by atoms with E-state index in [4.69, 9.17) is 10.5 Å². The molecule has 5 heteroatoms. The largest absolute Gasteiger partial charge is 0.389 e. The van der Waals surface area contributed by atoms with E-state index in [2.05, 4.69) is 0 Å². The van der Waals surface area contributed by atoms with Crippen LogP contribution in [-0.4, -0.2) is 24.9 Å². The molecule has 0 aromatic rings. The molecule has 1 fully saturated rings. The van der Waals surface area contributed by atoms with Crippen molar-refractivity contribution >= 4 is 0 Å². The molecule has 0 amide bonds. The van der Waals surface area contributed by atoms with E-state index in [1.807, 2.05) is 6.92 Å². The predicted octanol–water partition coefficient (Wildman–Crippen LogP) is 2.47. The van der Waals surface area contributed by atoms with Crippen LogP contribution < -0.4 is 5.73 Å². The van der Waals surface area contributed by atoms with Gasteiger partial charge in [-0.15, -0.1) is 0 Å². The summed E-state index contributed by atoms with van der Waals surface area (Å²) in [5.74, 6) is 0.0948. The SMILES string of the molecule is CCC1OCCC1C(N)CCC(F)(F)F. The minimum absolute atomic E-state index is 0.00796. The van der Waals surface area contributed by atoms with Crippen LogP contribution >= 0.6 is 0 Å². The zero-order chi connectivity index (χ0) is 11.5. The maximum absolute atomic E-state index is 12.0. The van der Waals surface area contributed by atoms with Gasteiger partial charge in [0, 0.05) is 25.0 Å². The van der Waals surface area contributed by atoms with Crippen molar-refractivity contribution in [2.24, 2.45) is 11.7 Å². The van der Waals surface area contributed by atoms with E-state index in [-0.39, 0.29) is 24.5 Å². The number of rotatable bonds is 4. The van der Waals surface area contributed by atoms with E-state index in [1.54, 1.807) is 0 Å². The Morgan fingerprint density at radius 2 is 2.13 bits per heavy atom. The monoisotopic (exact) mass is 225 g/mol. The van der Waals surface area contributed by atoms with Crippen LogP contribution in [0.3, 0.4) is 0 Å². The van der Waals surface area contributed by atoms with Gasteiger partial charge in [-0.25, -0.2) is 0 Å². The first-order valence-corrected chi connectivity index (χ1v) is 5.38. The Balaban J connectivity index is 2.36. The Labute approximate surface area is 88.0 Å². The van der Waals surface area contributed by atoms with Gasteiger partial charge in [0.1, 0.15) is 0 Å². The number of hydrogen-bond acceptors (Lipinski definition) is 2. The predicted molar refractivity (Wildman–Crippen MR) is 51.4 cm³/mol. The van der Waals surface area contributed by atoms with Crippen LogP contribution in [0.1, 0.15) is 32.6 Å². The van der Waals surface area contributed by atoms with Crippen molar-refractivity contribution in [1.82, 2.24) is 0 Å². The third-order valence-corrected chi connectivity index (χ3v) is 2.97. The van der Waals surface area contributed by atoms with Crippen LogP contribution in [0.4, 0.5) is 13.2 Å². The van der Waals surface area contributed by atoms with Crippen molar-refractivity contribution in [3.05, 3.63) is 0 Å². The van der Waals surface area contributed by atoms with E-state index in [0.29, 0.717) is 6.61 Å². The van der Waals surface area contributed by atoms with Gasteiger partial charge in [-0.3, -0.25) is 0 Å². The van der Waals surface area contributed by atoms with Crippen LogP contribution in [-0.2, 0) is 4.74 Å². The smallest absolute Gasteiger partial charge is 0.378 e. The molecule has 0 aromatic carbocycles. The van der Waals surface area contributed by atoms with Gasteiger partial charge in [-0.05, 0) is 19.3 Å². The van der Waals surface area contributed by atoms with Gasteiger partial charge in [-0.1, -0.05) is 6.92 Å². The maximum atomic E-state index is 12.0. The highest BCUT2D eigenvalue weighted by molar-refractivity contribution is 4.84. The molecule has 1 heterocycles. The fourth-order valence-corrected chi connectivity index (χ4v) is 2.12. The van der Waals surface area contributed by atoms with Crippen molar-refractivity contribution in [3.8, 4) is 0 Å². The molecule has 0 spiro atoms. The number of hydrogen-bond donors (Lipinski definition) is 1. The van der Waals surface area contributed by atoms with Crippen LogP contribution in [0, 0.1) is 5.92 Å². The molecule has 0 radical (unpaired) electrons. The molecule has 1 aliphatic heterocycles. The highest BCUT2D eigenvalue weighted by atomic mass is 19.4. The van der Waals surface area contributed by atoms with E-state index < -0.39 is 12.6 Å². The molecule has 0 aliphatic carbocycles. The van der Waals surface area contributed by atoms with Crippen LogP contribution in [0.5, 0.6) is 0 Å². The number of ether oxygens (including phenoxy) is 1. The summed E-state index contributed by atoms with van der Waals surface area (Å²) in [7, 11) is 0. The highest BCUT2D eigenvalue weighted by Gasteiger charge is 2.34. The second-order valence-corrected chi connectivity index (χ2v) is 4.09. The zero-order valence-corrected chi connectivity index (χ0v) is 8.89. The van der Waals surface area contributed by atoms with Gasteiger partial charge >= 0.3 is 6.18 Å². The Morgan fingerprint density at radius 1 is 1.47 bits per heavy atom. The molecular weight excluding hydrogens is 207 g/mol. The summed E-state index contributed by atoms with van der Waals surface area (Å²) in [5, 5.41) is 0. The minimum Gasteiger partial charge on any atom is -0.378 e. The molecular formula is C10H18F3NO. The summed E-state index contributed by atoms with van der Waals surface area (Å²) in [6.07, 6.45) is -3.22.